The van der Waals surface area contributed by atoms with Gasteiger partial charge >= 0.3 is 10.2 Å². The number of nitrogens with one attached hydrogen (secondary N) is 1. The minimum Gasteiger partial charge on any atom is -0.491 e. The van der Waals surface area contributed by atoms with Crippen LogP contribution in [0.25, 0.3) is 22.2 Å². The first-order valence-corrected chi connectivity index (χ1v) is 16.1. The molecule has 10 nitrogen and oxygen atoms in total. The van der Waals surface area contributed by atoms with Crippen LogP contribution in [-0.2, 0) is 21.5 Å². The number of hydrogen-bond donors (Lipinski definition) is 2. The minimum absolute atomic E-state index is 0.0191. The van der Waals surface area contributed by atoms with E-state index in [1.165, 1.54) is 31.9 Å². The van der Waals surface area contributed by atoms with Gasteiger partial charge in [-0.1, -0.05) is 37.5 Å². The summed E-state index contributed by atoms with van der Waals surface area (Å²) in [7, 11) is -0.877. The quantitative estimate of drug-likeness (QED) is 0.363. The zero-order valence-corrected chi connectivity index (χ0v) is 25.5. The molecule has 1 fully saturated rings. The van der Waals surface area contributed by atoms with E-state index in [2.05, 4.69) is 27.2 Å². The molecule has 11 heteroatoms. The number of benzene rings is 2. The molecule has 1 atom stereocenters. The van der Waals surface area contributed by atoms with Gasteiger partial charge in [0.1, 0.15) is 18.6 Å². The molecule has 1 aliphatic heterocycles. The van der Waals surface area contributed by atoms with Gasteiger partial charge < -0.3 is 19.8 Å². The number of fused-ring (bicyclic) bond motifs is 5. The summed E-state index contributed by atoms with van der Waals surface area (Å²) in [6, 6.07) is 11.6. The lowest BCUT2D eigenvalue weighted by molar-refractivity contribution is -0.107. The van der Waals surface area contributed by atoms with Crippen molar-refractivity contribution < 1.29 is 22.7 Å². The van der Waals surface area contributed by atoms with Crippen molar-refractivity contribution in [2.45, 2.75) is 57.5 Å². The predicted molar refractivity (Wildman–Crippen MR) is 164 cm³/mol. The molecular weight excluding hydrogens is 554 g/mol. The van der Waals surface area contributed by atoms with Crippen LogP contribution in [0, 0.1) is 6.92 Å². The molecular formula is C31H41N5O5S. The third-order valence-corrected chi connectivity index (χ3v) is 10.2. The Morgan fingerprint density at radius 3 is 2.64 bits per heavy atom. The Kier molecular flexibility index (Phi) is 9.03. The normalized spacial score (nSPS) is 17.8. The number of likely N-dealkylation sites (N-methyl/N-ethyl adjacent to an activating group) is 2. The van der Waals surface area contributed by atoms with Crippen molar-refractivity contribution in [3.05, 3.63) is 53.1 Å². The maximum absolute atomic E-state index is 13.3. The minimum atomic E-state index is -4.17. The molecule has 0 bridgehead atoms. The summed E-state index contributed by atoms with van der Waals surface area (Å²) < 4.78 is 37.0. The van der Waals surface area contributed by atoms with Gasteiger partial charge in [-0.25, -0.2) is 4.72 Å². The molecule has 3 N–H and O–H groups in total. The zero-order chi connectivity index (χ0) is 30.0. The smallest absolute Gasteiger partial charge is 0.304 e. The second kappa shape index (κ2) is 12.5. The summed E-state index contributed by atoms with van der Waals surface area (Å²) in [5.74, 6) is 0.456. The number of carbonyl (C=O) groups excluding carboxylic acids is 2. The fourth-order valence-electron chi connectivity index (χ4n) is 6.41. The average molecular weight is 596 g/mol. The van der Waals surface area contributed by atoms with Crippen LogP contribution in [0.15, 0.2) is 36.4 Å². The summed E-state index contributed by atoms with van der Waals surface area (Å²) >= 11 is 0. The highest BCUT2D eigenvalue weighted by Gasteiger charge is 2.32. The van der Waals surface area contributed by atoms with Crippen LogP contribution in [-0.4, -0.2) is 80.8 Å². The van der Waals surface area contributed by atoms with Gasteiger partial charge in [-0.05, 0) is 62.1 Å². The molecule has 0 radical (unpaired) electrons. The summed E-state index contributed by atoms with van der Waals surface area (Å²) in [6.07, 6.45) is 6.22. The van der Waals surface area contributed by atoms with Crippen molar-refractivity contribution in [1.29, 1.82) is 0 Å². The molecule has 1 aliphatic carbocycles. The lowest BCUT2D eigenvalue weighted by Gasteiger charge is -2.33. The van der Waals surface area contributed by atoms with Crippen molar-refractivity contribution in [2.24, 2.45) is 5.73 Å². The molecule has 0 spiro atoms. The highest BCUT2D eigenvalue weighted by molar-refractivity contribution is 7.87. The third kappa shape index (κ3) is 5.83. The van der Waals surface area contributed by atoms with E-state index in [1.54, 1.807) is 12.1 Å². The molecule has 2 aliphatic rings. The summed E-state index contributed by atoms with van der Waals surface area (Å²) in [5.41, 5.74) is 11.6. The topological polar surface area (TPSA) is 127 Å². The highest BCUT2D eigenvalue weighted by Crippen LogP contribution is 2.48. The summed E-state index contributed by atoms with van der Waals surface area (Å²) in [4.78, 5) is 26.3. The standard InChI is InChI=1S/C31H41N5O5S/c1-21-8-7-11-27-28(21)30-29(22-9-5-4-6-10-22)25-13-12-23(31(38)33-42(39,40)35(3)16-17-37)18-26(25)36(30)19-24(20-41-27)34(2)15-14-32/h7-8,11-13,17-18,22,24H,4-6,9-10,14-16,19-20,32H2,1-3H3,(H,33,38)/t24-/m1/s1. The van der Waals surface area contributed by atoms with Gasteiger partial charge in [0.2, 0.25) is 0 Å². The van der Waals surface area contributed by atoms with E-state index in [4.69, 9.17) is 10.5 Å². The van der Waals surface area contributed by atoms with E-state index < -0.39 is 16.1 Å². The van der Waals surface area contributed by atoms with Crippen molar-refractivity contribution in [2.75, 3.05) is 40.3 Å². The Morgan fingerprint density at radius 1 is 1.17 bits per heavy atom. The van der Waals surface area contributed by atoms with E-state index in [-0.39, 0.29) is 18.2 Å². The lowest BCUT2D eigenvalue weighted by atomic mass is 9.81. The van der Waals surface area contributed by atoms with Crippen LogP contribution in [0.2, 0.25) is 0 Å². The van der Waals surface area contributed by atoms with Crippen molar-refractivity contribution >= 4 is 33.3 Å². The fourth-order valence-corrected chi connectivity index (χ4v) is 7.17. The number of carbonyl (C=O) groups is 2. The molecule has 1 amide bonds. The van der Waals surface area contributed by atoms with Crippen molar-refractivity contribution in [3.63, 3.8) is 0 Å². The Hall–Kier alpha value is -3.25. The molecule has 0 unspecified atom stereocenters. The number of ether oxygens (including phenoxy) is 1. The number of amides is 1. The predicted octanol–water partition coefficient (Wildman–Crippen LogP) is 3.42. The fraction of sp³-hybridized carbons (Fsp3) is 0.484. The van der Waals surface area contributed by atoms with Gasteiger partial charge in [-0.3, -0.25) is 9.69 Å². The van der Waals surface area contributed by atoms with E-state index in [1.807, 2.05) is 25.2 Å². The van der Waals surface area contributed by atoms with Gasteiger partial charge in [0.25, 0.3) is 5.91 Å². The maximum Gasteiger partial charge on any atom is 0.304 e. The second-order valence-electron chi connectivity index (χ2n) is 11.5. The monoisotopic (exact) mass is 595 g/mol. The van der Waals surface area contributed by atoms with Crippen LogP contribution in [0.1, 0.15) is 59.5 Å². The lowest BCUT2D eigenvalue weighted by Crippen LogP contribution is -2.43. The highest BCUT2D eigenvalue weighted by atomic mass is 32.2. The summed E-state index contributed by atoms with van der Waals surface area (Å²) in [6.45, 7) is 4.08. The van der Waals surface area contributed by atoms with Gasteiger partial charge in [-0.15, -0.1) is 0 Å². The van der Waals surface area contributed by atoms with Gasteiger partial charge in [0.05, 0.1) is 18.3 Å². The van der Waals surface area contributed by atoms with Crippen LogP contribution < -0.4 is 15.2 Å². The molecule has 5 rings (SSSR count). The van der Waals surface area contributed by atoms with Crippen molar-refractivity contribution in [1.82, 2.24) is 18.5 Å². The Balaban J connectivity index is 1.72. The number of nitrogens with two attached hydrogens (primary N) is 1. The SMILES string of the molecule is Cc1cccc2c1-c1c(C3CCCCC3)c3ccc(C(=O)NS(=O)(=O)N(C)CC=O)cc3n1C[C@@H](N(C)CCN)CO2. The van der Waals surface area contributed by atoms with Crippen LogP contribution in [0.4, 0.5) is 0 Å². The van der Waals surface area contributed by atoms with Crippen molar-refractivity contribution in [3.8, 4) is 17.0 Å². The van der Waals surface area contributed by atoms with E-state index >= 15 is 0 Å². The molecule has 0 saturated heterocycles. The van der Waals surface area contributed by atoms with Gasteiger partial charge in [0.15, 0.2) is 0 Å². The zero-order valence-electron chi connectivity index (χ0n) is 24.6. The molecule has 3 aromatic rings. The largest absolute Gasteiger partial charge is 0.491 e. The summed E-state index contributed by atoms with van der Waals surface area (Å²) in [5, 5.41) is 1.07. The number of hydrogen-bond acceptors (Lipinski definition) is 7. The third-order valence-electron chi connectivity index (χ3n) is 8.74. The molecule has 42 heavy (non-hydrogen) atoms. The molecule has 1 aromatic heterocycles. The van der Waals surface area contributed by atoms with Crippen LogP contribution in [0.3, 0.4) is 0 Å². The van der Waals surface area contributed by atoms with Crippen LogP contribution >= 0.6 is 0 Å². The first-order valence-electron chi connectivity index (χ1n) is 14.7. The van der Waals surface area contributed by atoms with E-state index in [9.17, 15) is 18.0 Å². The second-order valence-corrected chi connectivity index (χ2v) is 13.3. The van der Waals surface area contributed by atoms with Gasteiger partial charge in [0, 0.05) is 48.7 Å². The first-order chi connectivity index (χ1) is 20.2. The Morgan fingerprint density at radius 2 is 1.93 bits per heavy atom. The first kappa shape index (κ1) is 30.2. The van der Waals surface area contributed by atoms with Crippen LogP contribution in [0.5, 0.6) is 5.75 Å². The number of nitrogens with zero attached hydrogens (tertiary/aromatic N) is 3. The number of aryl methyl sites for hydroxylation is 1. The molecule has 1 saturated carbocycles. The van der Waals surface area contributed by atoms with Gasteiger partial charge in [-0.2, -0.15) is 12.7 Å². The maximum atomic E-state index is 13.3. The molecule has 2 heterocycles. The number of aromatic nitrogens is 1. The van der Waals surface area contributed by atoms with E-state index in [0.717, 1.165) is 50.6 Å². The molecule has 2 aromatic carbocycles. The number of aldehydes is 1. The number of rotatable bonds is 9. The average Bonchev–Trinajstić information content (AvgIpc) is 3.26. The molecule has 226 valence electrons. The Bertz CT molecular complexity index is 1580. The Labute approximate surface area is 248 Å². The van der Waals surface area contributed by atoms with E-state index in [0.29, 0.717) is 38.4 Å².